The second-order valence-corrected chi connectivity index (χ2v) is 5.60. The summed E-state index contributed by atoms with van der Waals surface area (Å²) in [6.07, 6.45) is 0.614. The summed E-state index contributed by atoms with van der Waals surface area (Å²) >= 11 is 0. The predicted molar refractivity (Wildman–Crippen MR) is 68.0 cm³/mol. The van der Waals surface area contributed by atoms with Gasteiger partial charge in [0.1, 0.15) is 5.71 Å². The Morgan fingerprint density at radius 3 is 2.33 bits per heavy atom. The van der Waals surface area contributed by atoms with Crippen LogP contribution < -0.4 is 5.32 Å². The van der Waals surface area contributed by atoms with Crippen LogP contribution in [-0.2, 0) is 9.59 Å². The zero-order valence-electron chi connectivity index (χ0n) is 11.6. The lowest BCUT2D eigenvalue weighted by Crippen LogP contribution is -2.59. The van der Waals surface area contributed by atoms with E-state index in [0.717, 1.165) is 0 Å². The van der Waals surface area contributed by atoms with Gasteiger partial charge in [-0.3, -0.25) is 9.59 Å². The van der Waals surface area contributed by atoms with E-state index in [1.807, 2.05) is 0 Å². The fourth-order valence-electron chi connectivity index (χ4n) is 1.34. The number of hydrogen-bond acceptors (Lipinski definition) is 4. The van der Waals surface area contributed by atoms with Crippen molar-refractivity contribution in [2.24, 2.45) is 5.10 Å². The molecule has 0 saturated carbocycles. The van der Waals surface area contributed by atoms with Crippen LogP contribution in [0.1, 0.15) is 40.5 Å². The molecule has 0 atom stereocenters. The molecule has 0 radical (unpaired) electrons. The molecule has 102 valence electrons. The number of carbonyl (C=O) groups excluding carboxylic acids is 2. The molecule has 2 amide bonds. The molecular formula is C12H21N3O3. The van der Waals surface area contributed by atoms with Gasteiger partial charge in [0, 0.05) is 19.9 Å². The molecule has 0 aromatic rings. The number of hydrazone groups is 1. The van der Waals surface area contributed by atoms with Crippen LogP contribution in [-0.4, -0.2) is 45.8 Å². The Bertz CT molecular complexity index is 394. The van der Waals surface area contributed by atoms with Crippen LogP contribution in [0.5, 0.6) is 0 Å². The Labute approximate surface area is 107 Å². The van der Waals surface area contributed by atoms with Gasteiger partial charge in [-0.2, -0.15) is 5.10 Å². The van der Waals surface area contributed by atoms with Crippen molar-refractivity contribution < 1.29 is 14.7 Å². The minimum Gasteiger partial charge on any atom is -0.388 e. The number of hydrogen-bond donors (Lipinski definition) is 2. The molecule has 0 aliphatic carbocycles. The van der Waals surface area contributed by atoms with Gasteiger partial charge in [-0.25, -0.2) is 5.01 Å². The maximum Gasteiger partial charge on any atom is 0.268 e. The smallest absolute Gasteiger partial charge is 0.268 e. The highest BCUT2D eigenvalue weighted by molar-refractivity contribution is 6.39. The summed E-state index contributed by atoms with van der Waals surface area (Å²) in [5.41, 5.74) is -1.53. The summed E-state index contributed by atoms with van der Waals surface area (Å²) in [6.45, 7) is 6.74. The van der Waals surface area contributed by atoms with Gasteiger partial charge < -0.3 is 10.4 Å². The molecule has 18 heavy (non-hydrogen) atoms. The summed E-state index contributed by atoms with van der Waals surface area (Å²) in [5.74, 6) is -0.449. The first-order valence-corrected chi connectivity index (χ1v) is 5.93. The fraction of sp³-hybridized carbons (Fsp3) is 0.750. The first-order chi connectivity index (χ1) is 8.04. The Hall–Kier alpha value is -1.43. The Kier molecular flexibility index (Phi) is 3.81. The molecule has 0 aromatic heterocycles. The van der Waals surface area contributed by atoms with Gasteiger partial charge in [0.2, 0.25) is 5.91 Å². The van der Waals surface area contributed by atoms with Gasteiger partial charge in [0.05, 0.1) is 11.1 Å². The molecule has 1 aliphatic heterocycles. The van der Waals surface area contributed by atoms with Gasteiger partial charge in [0.15, 0.2) is 0 Å². The second kappa shape index (κ2) is 4.68. The highest BCUT2D eigenvalue weighted by atomic mass is 16.3. The highest BCUT2D eigenvalue weighted by Gasteiger charge is 2.37. The zero-order valence-corrected chi connectivity index (χ0v) is 11.6. The Balaban J connectivity index is 2.79. The minimum atomic E-state index is -1.06. The molecule has 1 heterocycles. The number of rotatable bonds is 3. The van der Waals surface area contributed by atoms with E-state index in [0.29, 0.717) is 12.1 Å². The van der Waals surface area contributed by atoms with Gasteiger partial charge in [-0.15, -0.1) is 0 Å². The number of nitrogens with one attached hydrogen (secondary N) is 1. The predicted octanol–water partition coefficient (Wildman–Crippen LogP) is 0.260. The van der Waals surface area contributed by atoms with Gasteiger partial charge >= 0.3 is 0 Å². The SMILES string of the molecule is CN1N=C(C(=O)NC(C)(C)C(C)(C)O)CCC1=O. The first kappa shape index (κ1) is 14.6. The maximum absolute atomic E-state index is 12.0. The van der Waals surface area contributed by atoms with E-state index < -0.39 is 11.1 Å². The normalized spacial score (nSPS) is 17.6. The molecule has 0 fully saturated rings. The maximum atomic E-state index is 12.0. The van der Waals surface area contributed by atoms with Crippen molar-refractivity contribution in [3.8, 4) is 0 Å². The molecule has 0 saturated heterocycles. The van der Waals surface area contributed by atoms with Gasteiger partial charge in [-0.1, -0.05) is 0 Å². The van der Waals surface area contributed by atoms with E-state index in [2.05, 4.69) is 10.4 Å². The van der Waals surface area contributed by atoms with E-state index >= 15 is 0 Å². The lowest BCUT2D eigenvalue weighted by atomic mass is 9.85. The molecule has 0 unspecified atom stereocenters. The topological polar surface area (TPSA) is 82.0 Å². The third-order valence-electron chi connectivity index (χ3n) is 3.42. The molecule has 2 N–H and O–H groups in total. The lowest BCUT2D eigenvalue weighted by molar-refractivity contribution is -0.130. The summed E-state index contributed by atoms with van der Waals surface area (Å²) in [5, 5.41) is 17.8. The van der Waals surface area contributed by atoms with Crippen LogP contribution in [0.15, 0.2) is 5.10 Å². The van der Waals surface area contributed by atoms with Crippen LogP contribution in [0.4, 0.5) is 0 Å². The van der Waals surface area contributed by atoms with E-state index in [1.54, 1.807) is 27.7 Å². The van der Waals surface area contributed by atoms with Gasteiger partial charge in [0.25, 0.3) is 5.91 Å². The summed E-state index contributed by atoms with van der Waals surface area (Å²) < 4.78 is 0. The molecule has 0 aromatic carbocycles. The summed E-state index contributed by atoms with van der Waals surface area (Å²) in [4.78, 5) is 23.3. The Morgan fingerprint density at radius 1 is 1.33 bits per heavy atom. The third kappa shape index (κ3) is 3.07. The number of amides is 2. The molecule has 1 rings (SSSR count). The van der Waals surface area contributed by atoms with Crippen molar-refractivity contribution in [3.63, 3.8) is 0 Å². The van der Waals surface area contributed by atoms with Crippen LogP contribution in [0.25, 0.3) is 0 Å². The number of nitrogens with zero attached hydrogens (tertiary/aromatic N) is 2. The van der Waals surface area contributed by atoms with Crippen molar-refractivity contribution in [2.75, 3.05) is 7.05 Å². The molecule has 0 spiro atoms. The van der Waals surface area contributed by atoms with E-state index in [1.165, 1.54) is 12.1 Å². The minimum absolute atomic E-state index is 0.103. The zero-order chi connectivity index (χ0) is 14.1. The van der Waals surface area contributed by atoms with E-state index in [4.69, 9.17) is 0 Å². The standard InChI is InChI=1S/C12H21N3O3/c1-11(2,12(3,4)18)13-10(17)8-6-7-9(16)15(5)14-8/h18H,6-7H2,1-5H3,(H,13,17). The van der Waals surface area contributed by atoms with Crippen LogP contribution >= 0.6 is 0 Å². The molecule has 6 heteroatoms. The second-order valence-electron chi connectivity index (χ2n) is 5.60. The van der Waals surface area contributed by atoms with Crippen molar-refractivity contribution in [2.45, 2.75) is 51.7 Å². The van der Waals surface area contributed by atoms with E-state index in [9.17, 15) is 14.7 Å². The average molecular weight is 255 g/mol. The van der Waals surface area contributed by atoms with Crippen LogP contribution in [0, 0.1) is 0 Å². The molecular weight excluding hydrogens is 234 g/mol. The third-order valence-corrected chi connectivity index (χ3v) is 3.42. The van der Waals surface area contributed by atoms with Crippen molar-refractivity contribution in [1.82, 2.24) is 10.3 Å². The highest BCUT2D eigenvalue weighted by Crippen LogP contribution is 2.20. The number of carbonyl (C=O) groups is 2. The largest absolute Gasteiger partial charge is 0.388 e. The monoisotopic (exact) mass is 255 g/mol. The fourth-order valence-corrected chi connectivity index (χ4v) is 1.34. The quantitative estimate of drug-likeness (QED) is 0.759. The average Bonchev–Trinajstić information content (AvgIpc) is 2.19. The van der Waals surface area contributed by atoms with Crippen molar-refractivity contribution in [1.29, 1.82) is 0 Å². The Morgan fingerprint density at radius 2 is 1.89 bits per heavy atom. The van der Waals surface area contributed by atoms with Crippen molar-refractivity contribution in [3.05, 3.63) is 0 Å². The summed E-state index contributed by atoms with van der Waals surface area (Å²) in [7, 11) is 1.52. The van der Waals surface area contributed by atoms with E-state index in [-0.39, 0.29) is 18.2 Å². The van der Waals surface area contributed by atoms with Crippen LogP contribution in [0.3, 0.4) is 0 Å². The molecule has 0 bridgehead atoms. The molecule has 6 nitrogen and oxygen atoms in total. The summed E-state index contributed by atoms with van der Waals surface area (Å²) in [6, 6.07) is 0. The van der Waals surface area contributed by atoms with Crippen LogP contribution in [0.2, 0.25) is 0 Å². The first-order valence-electron chi connectivity index (χ1n) is 5.93. The number of aliphatic hydroxyl groups is 1. The molecule has 1 aliphatic rings. The van der Waals surface area contributed by atoms with Gasteiger partial charge in [-0.05, 0) is 27.7 Å². The lowest BCUT2D eigenvalue weighted by Gasteiger charge is -2.38. The van der Waals surface area contributed by atoms with Crippen molar-refractivity contribution >= 4 is 17.5 Å².